The lowest BCUT2D eigenvalue weighted by molar-refractivity contribution is 0.396. The van der Waals surface area contributed by atoms with Crippen molar-refractivity contribution in [3.8, 4) is 5.75 Å². The number of ether oxygens (including phenoxy) is 1. The van der Waals surface area contributed by atoms with E-state index >= 15 is 0 Å². The Balaban J connectivity index is 1.50. The molecule has 6 nitrogen and oxygen atoms in total. The molecule has 1 aliphatic rings. The summed E-state index contributed by atoms with van der Waals surface area (Å²) in [6.45, 7) is 3.84. The van der Waals surface area contributed by atoms with E-state index < -0.39 is 0 Å². The summed E-state index contributed by atoms with van der Waals surface area (Å²) >= 11 is 1.76. The monoisotopic (exact) mass is 387 g/mol. The van der Waals surface area contributed by atoms with Crippen LogP contribution in [-0.4, -0.2) is 56.7 Å². The van der Waals surface area contributed by atoms with Gasteiger partial charge in [-0.25, -0.2) is 4.98 Å². The minimum atomic E-state index is 0.736. The highest BCUT2D eigenvalue weighted by atomic mass is 32.1. The zero-order chi connectivity index (χ0) is 19.1. The largest absolute Gasteiger partial charge is 0.496 e. The number of para-hydroxylation sites is 1. The molecule has 1 aliphatic heterocycles. The normalized spacial score (nSPS) is 14.5. The molecule has 1 saturated heterocycles. The molecule has 0 aliphatic carbocycles. The molecule has 0 spiro atoms. The number of anilines is 1. The molecule has 0 atom stereocenters. The van der Waals surface area contributed by atoms with Crippen molar-refractivity contribution in [3.05, 3.63) is 40.9 Å². The second-order valence-corrected chi connectivity index (χ2v) is 7.54. The fourth-order valence-corrected chi connectivity index (χ4v) is 4.23. The van der Waals surface area contributed by atoms with Gasteiger partial charge in [-0.1, -0.05) is 18.2 Å². The van der Waals surface area contributed by atoms with Crippen LogP contribution < -0.4 is 15.0 Å². The molecule has 0 amide bonds. The Morgan fingerprint density at radius 2 is 2.11 bits per heavy atom. The first-order chi connectivity index (χ1) is 13.2. The quantitative estimate of drug-likeness (QED) is 0.585. The Kier molecular flexibility index (Phi) is 6.92. The van der Waals surface area contributed by atoms with E-state index in [1.807, 2.05) is 32.3 Å². The average Bonchev–Trinajstić information content (AvgIpc) is 3.37. The number of methoxy groups -OCH3 is 1. The van der Waals surface area contributed by atoms with E-state index in [2.05, 4.69) is 31.6 Å². The van der Waals surface area contributed by atoms with Gasteiger partial charge in [-0.15, -0.1) is 11.3 Å². The number of hydrogen-bond donors (Lipinski definition) is 1. The van der Waals surface area contributed by atoms with Gasteiger partial charge in [-0.05, 0) is 18.9 Å². The molecule has 0 radical (unpaired) electrons. The lowest BCUT2D eigenvalue weighted by Crippen LogP contribution is -2.39. The van der Waals surface area contributed by atoms with Gasteiger partial charge in [0.2, 0.25) is 0 Å². The molecule has 2 aromatic rings. The van der Waals surface area contributed by atoms with Crippen LogP contribution in [0.4, 0.5) is 5.13 Å². The summed E-state index contributed by atoms with van der Waals surface area (Å²) in [6.07, 6.45) is 3.46. The first-order valence-electron chi connectivity index (χ1n) is 9.44. The number of aliphatic imine (C=N–C) groups is 1. The molecule has 7 heteroatoms. The Morgan fingerprint density at radius 3 is 2.85 bits per heavy atom. The smallest absolute Gasteiger partial charge is 0.193 e. The molecule has 3 rings (SSSR count). The van der Waals surface area contributed by atoms with E-state index in [9.17, 15) is 0 Å². The van der Waals surface area contributed by atoms with Crippen molar-refractivity contribution >= 4 is 22.4 Å². The first-order valence-corrected chi connectivity index (χ1v) is 10.3. The van der Waals surface area contributed by atoms with Gasteiger partial charge in [0.05, 0.1) is 12.8 Å². The van der Waals surface area contributed by atoms with E-state index in [-0.39, 0.29) is 0 Å². The molecular formula is C20H29N5OS. The Bertz CT molecular complexity index is 754. The molecule has 27 heavy (non-hydrogen) atoms. The first kappa shape index (κ1) is 19.5. The van der Waals surface area contributed by atoms with E-state index in [0.717, 1.165) is 55.6 Å². The van der Waals surface area contributed by atoms with Gasteiger partial charge in [0.15, 0.2) is 11.1 Å². The molecular weight excluding hydrogens is 358 g/mol. The molecule has 0 unspecified atom stereocenters. The van der Waals surface area contributed by atoms with Crippen LogP contribution in [0.5, 0.6) is 5.75 Å². The second kappa shape index (κ2) is 9.60. The zero-order valence-corrected chi connectivity index (χ0v) is 17.3. The van der Waals surface area contributed by atoms with E-state index in [4.69, 9.17) is 9.72 Å². The highest BCUT2D eigenvalue weighted by Gasteiger charge is 2.15. The molecule has 1 N–H and O–H groups in total. The molecule has 0 bridgehead atoms. The van der Waals surface area contributed by atoms with Crippen molar-refractivity contribution in [3.63, 3.8) is 0 Å². The highest BCUT2D eigenvalue weighted by Crippen LogP contribution is 2.24. The van der Waals surface area contributed by atoms with Gasteiger partial charge in [0, 0.05) is 57.6 Å². The van der Waals surface area contributed by atoms with Crippen LogP contribution >= 0.6 is 11.3 Å². The molecule has 1 aromatic carbocycles. The fourth-order valence-electron chi connectivity index (χ4n) is 3.32. The summed E-state index contributed by atoms with van der Waals surface area (Å²) in [4.78, 5) is 13.7. The molecule has 1 fully saturated rings. The van der Waals surface area contributed by atoms with Crippen molar-refractivity contribution in [1.82, 2.24) is 15.2 Å². The average molecular weight is 388 g/mol. The molecule has 146 valence electrons. The summed E-state index contributed by atoms with van der Waals surface area (Å²) in [5, 5.41) is 6.78. The highest BCUT2D eigenvalue weighted by molar-refractivity contribution is 7.13. The van der Waals surface area contributed by atoms with Crippen LogP contribution in [0.25, 0.3) is 0 Å². The summed E-state index contributed by atoms with van der Waals surface area (Å²) in [5.74, 6) is 1.77. The van der Waals surface area contributed by atoms with Crippen molar-refractivity contribution < 1.29 is 4.74 Å². The Morgan fingerprint density at radius 1 is 1.33 bits per heavy atom. The van der Waals surface area contributed by atoms with E-state index in [1.165, 1.54) is 18.0 Å². The maximum absolute atomic E-state index is 5.45. The number of guanidine groups is 1. The van der Waals surface area contributed by atoms with Crippen molar-refractivity contribution in [2.45, 2.75) is 25.8 Å². The van der Waals surface area contributed by atoms with Gasteiger partial charge in [0.1, 0.15) is 5.75 Å². The number of nitrogens with zero attached hydrogens (tertiary/aromatic N) is 4. The third-order valence-corrected chi connectivity index (χ3v) is 5.70. The van der Waals surface area contributed by atoms with E-state index in [0.29, 0.717) is 0 Å². The maximum Gasteiger partial charge on any atom is 0.193 e. The summed E-state index contributed by atoms with van der Waals surface area (Å²) in [7, 11) is 5.56. The minimum Gasteiger partial charge on any atom is -0.496 e. The fraction of sp³-hybridized carbons (Fsp3) is 0.500. The summed E-state index contributed by atoms with van der Waals surface area (Å²) in [5.41, 5.74) is 2.29. The van der Waals surface area contributed by atoms with Crippen molar-refractivity contribution in [2.24, 2.45) is 4.99 Å². The van der Waals surface area contributed by atoms with Gasteiger partial charge >= 0.3 is 0 Å². The number of aromatic nitrogens is 1. The number of thiazole rings is 1. The Hall–Kier alpha value is -2.28. The molecule has 2 heterocycles. The number of rotatable bonds is 7. The lowest BCUT2D eigenvalue weighted by atomic mass is 10.2. The SMILES string of the molecule is CN=C(NCCc1csc(N2CCCC2)n1)N(C)Cc1ccccc1OC. The number of benzene rings is 1. The van der Waals surface area contributed by atoms with Gasteiger partial charge in [0.25, 0.3) is 0 Å². The maximum atomic E-state index is 5.45. The molecule has 1 aromatic heterocycles. The summed E-state index contributed by atoms with van der Waals surface area (Å²) < 4.78 is 5.45. The Labute approximate surface area is 165 Å². The van der Waals surface area contributed by atoms with Crippen LogP contribution in [0.1, 0.15) is 24.1 Å². The van der Waals surface area contributed by atoms with Gasteiger partial charge in [-0.2, -0.15) is 0 Å². The van der Waals surface area contributed by atoms with Crippen molar-refractivity contribution in [2.75, 3.05) is 45.7 Å². The standard InChI is InChI=1S/C20H29N5OS/c1-21-19(24(2)14-16-8-4-5-9-18(16)26-3)22-11-10-17-15-27-20(23-17)25-12-6-7-13-25/h4-5,8-9,15H,6-7,10-14H2,1-3H3,(H,21,22). The minimum absolute atomic E-state index is 0.736. The van der Waals surface area contributed by atoms with Crippen LogP contribution in [0, 0.1) is 0 Å². The summed E-state index contributed by atoms with van der Waals surface area (Å²) in [6, 6.07) is 8.08. The van der Waals surface area contributed by atoms with Crippen LogP contribution in [0.3, 0.4) is 0 Å². The number of nitrogens with one attached hydrogen (secondary N) is 1. The second-order valence-electron chi connectivity index (χ2n) is 6.71. The third-order valence-electron chi connectivity index (χ3n) is 4.75. The van der Waals surface area contributed by atoms with E-state index in [1.54, 1.807) is 18.4 Å². The van der Waals surface area contributed by atoms with Crippen LogP contribution in [0.15, 0.2) is 34.6 Å². The molecule has 0 saturated carbocycles. The van der Waals surface area contributed by atoms with Crippen LogP contribution in [0.2, 0.25) is 0 Å². The van der Waals surface area contributed by atoms with Gasteiger partial charge < -0.3 is 19.9 Å². The predicted molar refractivity (Wildman–Crippen MR) is 113 cm³/mol. The zero-order valence-electron chi connectivity index (χ0n) is 16.4. The van der Waals surface area contributed by atoms with Gasteiger partial charge in [-0.3, -0.25) is 4.99 Å². The van der Waals surface area contributed by atoms with Crippen LogP contribution in [-0.2, 0) is 13.0 Å². The van der Waals surface area contributed by atoms with Crippen molar-refractivity contribution in [1.29, 1.82) is 0 Å². The topological polar surface area (TPSA) is 53.0 Å². The number of hydrogen-bond acceptors (Lipinski definition) is 5. The lowest BCUT2D eigenvalue weighted by Gasteiger charge is -2.23. The predicted octanol–water partition coefficient (Wildman–Crippen LogP) is 3.00. The third kappa shape index (κ3) is 5.13.